The first-order valence-electron chi connectivity index (χ1n) is 12.8. The number of sulfonamides is 1. The lowest BCUT2D eigenvalue weighted by molar-refractivity contribution is -0.146. The minimum Gasteiger partial charge on any atom is -0.477 e. The smallest absolute Gasteiger partial charge is 0.352 e. The summed E-state index contributed by atoms with van der Waals surface area (Å²) in [6, 6.07) is 2.50. The number of fused-ring (bicyclic) bond motifs is 1. The number of imide groups is 1. The maximum absolute atomic E-state index is 13.9. The van der Waals surface area contributed by atoms with E-state index < -0.39 is 50.8 Å². The van der Waals surface area contributed by atoms with Crippen LogP contribution in [0.3, 0.4) is 0 Å². The number of aryl methyl sites for hydroxylation is 1. The molecule has 2 saturated heterocycles. The Kier molecular flexibility index (Phi) is 8.44. The van der Waals surface area contributed by atoms with Gasteiger partial charge in [-0.25, -0.2) is 36.7 Å². The van der Waals surface area contributed by atoms with Gasteiger partial charge in [0, 0.05) is 24.1 Å². The lowest BCUT2D eigenvalue weighted by atomic mass is 10.0. The summed E-state index contributed by atoms with van der Waals surface area (Å²) in [5.74, 6) is -2.51. The van der Waals surface area contributed by atoms with Gasteiger partial charge in [-0.2, -0.15) is 0 Å². The second kappa shape index (κ2) is 12.0. The van der Waals surface area contributed by atoms with Crippen LogP contribution in [0.4, 0.5) is 15.3 Å². The Balaban J connectivity index is 1.43. The number of nitrogen functional groups attached to an aromatic ring is 1. The highest BCUT2D eigenvalue weighted by molar-refractivity contribution is 8.01. The molecule has 6 amide bonds. The van der Waals surface area contributed by atoms with Gasteiger partial charge < -0.3 is 21.5 Å². The van der Waals surface area contributed by atoms with Crippen LogP contribution in [0.2, 0.25) is 0 Å². The molecule has 44 heavy (non-hydrogen) atoms. The van der Waals surface area contributed by atoms with Crippen molar-refractivity contribution in [2.24, 2.45) is 7.05 Å². The molecule has 4 heterocycles. The number of rotatable bonds is 9. The lowest BCUT2D eigenvalue weighted by Crippen LogP contribution is -2.58. The molecule has 5 rings (SSSR count). The number of nitrogens with one attached hydrogen (secondary N) is 2. The molecule has 1 aromatic carbocycles. The maximum atomic E-state index is 13.9. The van der Waals surface area contributed by atoms with Crippen molar-refractivity contribution in [3.63, 3.8) is 0 Å². The number of carbonyl (C=O) groups is 5. The first kappa shape index (κ1) is 31.1. The van der Waals surface area contributed by atoms with Crippen LogP contribution in [0.25, 0.3) is 0 Å². The third-order valence-electron chi connectivity index (χ3n) is 6.89. The van der Waals surface area contributed by atoms with Crippen molar-refractivity contribution in [1.82, 2.24) is 44.9 Å². The number of carbonyl (C=O) groups excluding carboxylic acids is 4. The minimum absolute atomic E-state index is 0.00715. The van der Waals surface area contributed by atoms with Crippen LogP contribution in [0.5, 0.6) is 0 Å². The number of β-lactam (4-membered cyclic amide) rings is 1. The zero-order chi connectivity index (χ0) is 31.9. The Labute approximate surface area is 258 Å². The molecule has 2 unspecified atom stereocenters. The van der Waals surface area contributed by atoms with Gasteiger partial charge in [0.2, 0.25) is 27.0 Å². The summed E-state index contributed by atoms with van der Waals surface area (Å²) in [5, 5.41) is 25.4. The number of thioether (sulfide) groups is 2. The van der Waals surface area contributed by atoms with Crippen molar-refractivity contribution < 1.29 is 37.5 Å². The number of benzene rings is 1. The number of aromatic nitrogens is 4. The fourth-order valence-corrected chi connectivity index (χ4v) is 7.94. The number of urea groups is 2. The van der Waals surface area contributed by atoms with Crippen LogP contribution in [-0.2, 0) is 31.5 Å². The Morgan fingerprint density at radius 3 is 2.48 bits per heavy atom. The molecular weight excluding hydrogens is 641 g/mol. The van der Waals surface area contributed by atoms with E-state index in [0.717, 1.165) is 29.8 Å². The van der Waals surface area contributed by atoms with Crippen LogP contribution >= 0.6 is 23.5 Å². The first-order chi connectivity index (χ1) is 20.8. The number of hydrogen-bond donors (Lipinski definition) is 4. The molecule has 2 fully saturated rings. The number of hydrogen-bond acceptors (Lipinski definition) is 13. The quantitative estimate of drug-likeness (QED) is 0.144. The summed E-state index contributed by atoms with van der Waals surface area (Å²) in [6.07, 6.45) is 0.901. The van der Waals surface area contributed by atoms with Crippen LogP contribution < -0.4 is 16.4 Å². The minimum atomic E-state index is -3.92. The van der Waals surface area contributed by atoms with Gasteiger partial charge in [0.15, 0.2) is 0 Å². The summed E-state index contributed by atoms with van der Waals surface area (Å²) >= 11 is 2.25. The molecule has 0 radical (unpaired) electrons. The number of nitrogens with zero attached hydrogens (tertiary/aromatic N) is 7. The van der Waals surface area contributed by atoms with Crippen LogP contribution in [-0.4, -0.2) is 114 Å². The standard InChI is InChI=1S/C23H26N10O8S3/c1-30-22(27-28-29-30)42-10-13-17(20(36)37)33-14(34)9-15(33)43-19(13)26-18(35)16(11-3-5-12(24)6-4-11)25-21(38)31-7-8-32(23(31)39)44(2,40)41/h3-6,15-16,19H,7-10,24H2,1-2H3,(H,25,38)(H,26,35)(H,36,37)/t15-,16?,19?/m0/s1. The number of tetrazole rings is 1. The van der Waals surface area contributed by atoms with E-state index in [9.17, 15) is 37.5 Å². The highest BCUT2D eigenvalue weighted by Gasteiger charge is 2.49. The SMILES string of the molecule is Cn1nnnc1SCC1=C(C(=O)O)N2C(=O)C[C@@H]2SC1NC(=O)C(NC(=O)N1CCN(S(C)(=O)=O)C1=O)c1ccc(N)cc1. The zero-order valence-corrected chi connectivity index (χ0v) is 25.6. The van der Waals surface area contributed by atoms with Crippen LogP contribution in [0.1, 0.15) is 18.0 Å². The number of carboxylic acids is 1. The largest absolute Gasteiger partial charge is 0.477 e. The molecular formula is C23H26N10O8S3. The van der Waals surface area contributed by atoms with E-state index in [2.05, 4.69) is 26.2 Å². The summed E-state index contributed by atoms with van der Waals surface area (Å²) in [7, 11) is -2.32. The Morgan fingerprint density at radius 1 is 1.20 bits per heavy atom. The van der Waals surface area contributed by atoms with Gasteiger partial charge in [0.05, 0.1) is 31.1 Å². The number of amides is 6. The molecule has 0 spiro atoms. The van der Waals surface area contributed by atoms with Crippen molar-refractivity contribution in [3.05, 3.63) is 41.1 Å². The number of nitrogens with two attached hydrogens (primary N) is 1. The van der Waals surface area contributed by atoms with Crippen molar-refractivity contribution >= 4 is 69.1 Å². The third-order valence-corrected chi connectivity index (χ3v) is 10.5. The van der Waals surface area contributed by atoms with Gasteiger partial charge >= 0.3 is 18.0 Å². The van der Waals surface area contributed by atoms with E-state index in [4.69, 9.17) is 5.73 Å². The van der Waals surface area contributed by atoms with Crippen molar-refractivity contribution in [2.45, 2.75) is 28.4 Å². The second-order valence-electron chi connectivity index (χ2n) is 9.82. The fourth-order valence-electron chi connectivity index (χ4n) is 4.69. The normalized spacial score (nSPS) is 20.7. The molecule has 21 heteroatoms. The van der Waals surface area contributed by atoms with E-state index in [-0.39, 0.29) is 48.0 Å². The Hall–Kier alpha value is -4.37. The molecule has 3 atom stereocenters. The van der Waals surface area contributed by atoms with Gasteiger partial charge in [-0.05, 0) is 28.1 Å². The van der Waals surface area contributed by atoms with E-state index >= 15 is 0 Å². The molecule has 3 aliphatic rings. The third kappa shape index (κ3) is 6.01. The Bertz CT molecular complexity index is 1680. The molecule has 1 aromatic heterocycles. The number of aliphatic carboxylic acids is 1. The zero-order valence-electron chi connectivity index (χ0n) is 23.1. The molecule has 2 aromatic rings. The first-order valence-corrected chi connectivity index (χ1v) is 16.6. The van der Waals surface area contributed by atoms with Crippen molar-refractivity contribution in [1.29, 1.82) is 0 Å². The van der Waals surface area contributed by atoms with Crippen molar-refractivity contribution in [3.8, 4) is 0 Å². The summed E-state index contributed by atoms with van der Waals surface area (Å²) in [4.78, 5) is 66.3. The van der Waals surface area contributed by atoms with Crippen molar-refractivity contribution in [2.75, 3.05) is 30.8 Å². The molecule has 5 N–H and O–H groups in total. The van der Waals surface area contributed by atoms with Crippen LogP contribution in [0.15, 0.2) is 40.7 Å². The van der Waals surface area contributed by atoms with E-state index in [1.54, 1.807) is 7.05 Å². The number of carboxylic acid groups (broad SMARTS) is 1. The topological polar surface area (TPSA) is 243 Å². The van der Waals surface area contributed by atoms with E-state index in [1.165, 1.54) is 33.8 Å². The van der Waals surface area contributed by atoms with E-state index in [1.807, 2.05) is 0 Å². The second-order valence-corrected chi connectivity index (χ2v) is 14.0. The maximum Gasteiger partial charge on any atom is 0.352 e. The highest BCUT2D eigenvalue weighted by Crippen LogP contribution is 2.44. The number of anilines is 1. The monoisotopic (exact) mass is 666 g/mol. The molecule has 234 valence electrons. The molecule has 0 bridgehead atoms. The lowest BCUT2D eigenvalue weighted by Gasteiger charge is -2.46. The summed E-state index contributed by atoms with van der Waals surface area (Å²) in [6.45, 7) is -0.481. The summed E-state index contributed by atoms with van der Waals surface area (Å²) < 4.78 is 25.8. The molecule has 0 aliphatic carbocycles. The van der Waals surface area contributed by atoms with E-state index in [0.29, 0.717) is 20.0 Å². The van der Waals surface area contributed by atoms with Gasteiger partial charge in [-0.15, -0.1) is 16.9 Å². The average Bonchev–Trinajstić information content (AvgIpc) is 3.55. The summed E-state index contributed by atoms with van der Waals surface area (Å²) in [5.41, 5.74) is 6.39. The van der Waals surface area contributed by atoms with Gasteiger partial charge in [-0.1, -0.05) is 23.9 Å². The van der Waals surface area contributed by atoms with Gasteiger partial charge in [-0.3, -0.25) is 14.5 Å². The predicted octanol–water partition coefficient (Wildman–Crippen LogP) is -0.881. The molecule has 3 aliphatic heterocycles. The predicted molar refractivity (Wildman–Crippen MR) is 155 cm³/mol. The molecule has 0 saturated carbocycles. The average molecular weight is 667 g/mol. The molecule has 18 nitrogen and oxygen atoms in total. The van der Waals surface area contributed by atoms with Gasteiger partial charge in [0.25, 0.3) is 0 Å². The highest BCUT2D eigenvalue weighted by atomic mass is 32.2. The van der Waals surface area contributed by atoms with Gasteiger partial charge in [0.1, 0.15) is 17.1 Å². The Morgan fingerprint density at radius 2 is 1.91 bits per heavy atom. The van der Waals surface area contributed by atoms with Crippen LogP contribution in [0, 0.1) is 0 Å². The fraction of sp³-hybridized carbons (Fsp3) is 0.391.